The highest BCUT2D eigenvalue weighted by Gasteiger charge is 2.33. The number of fused-ring (bicyclic) bond motifs is 1. The lowest BCUT2D eigenvalue weighted by Gasteiger charge is -2.29. The minimum absolute atomic E-state index is 0.0122. The maximum Gasteiger partial charge on any atom is 0.416 e. The second kappa shape index (κ2) is 9.13. The monoisotopic (exact) mass is 478 g/mol. The fourth-order valence-corrected chi connectivity index (χ4v) is 4.16. The predicted octanol–water partition coefficient (Wildman–Crippen LogP) is 3.88. The van der Waals surface area contributed by atoms with Crippen LogP contribution in [0, 0.1) is 6.92 Å². The van der Waals surface area contributed by atoms with Gasteiger partial charge in [-0.1, -0.05) is 0 Å². The first kappa shape index (κ1) is 23.8. The predicted molar refractivity (Wildman–Crippen MR) is 119 cm³/mol. The Balaban J connectivity index is 1.77. The summed E-state index contributed by atoms with van der Waals surface area (Å²) in [4.78, 5) is 30.9. The van der Waals surface area contributed by atoms with Crippen molar-refractivity contribution in [3.05, 3.63) is 45.7 Å². The van der Waals surface area contributed by atoms with Crippen molar-refractivity contribution in [2.24, 2.45) is 0 Å². The normalized spacial score (nSPS) is 16.9. The molecule has 0 bridgehead atoms. The molecule has 34 heavy (non-hydrogen) atoms. The van der Waals surface area contributed by atoms with Gasteiger partial charge in [-0.15, -0.1) is 0 Å². The number of H-pyrrole nitrogens is 1. The fraction of sp³-hybridized carbons (Fsp3) is 0.435. The summed E-state index contributed by atoms with van der Waals surface area (Å²) >= 11 is 0. The lowest BCUT2D eigenvalue weighted by atomic mass is 10.00. The molecule has 1 fully saturated rings. The number of carbonyl (C=O) groups is 1. The number of ether oxygens (including phenoxy) is 2. The van der Waals surface area contributed by atoms with E-state index in [2.05, 4.69) is 10.1 Å². The zero-order valence-corrected chi connectivity index (χ0v) is 19.0. The van der Waals surface area contributed by atoms with Gasteiger partial charge in [-0.25, -0.2) is 9.67 Å². The highest BCUT2D eigenvalue weighted by Crippen LogP contribution is 2.39. The van der Waals surface area contributed by atoms with Crippen molar-refractivity contribution in [2.75, 3.05) is 27.0 Å². The fourth-order valence-electron chi connectivity index (χ4n) is 4.16. The van der Waals surface area contributed by atoms with Gasteiger partial charge in [0.05, 0.1) is 22.7 Å². The van der Waals surface area contributed by atoms with Gasteiger partial charge < -0.3 is 14.4 Å². The maximum atomic E-state index is 13.4. The average Bonchev–Trinajstić information content (AvgIpc) is 3.10. The molecule has 0 saturated carbocycles. The van der Waals surface area contributed by atoms with Crippen molar-refractivity contribution in [2.45, 2.75) is 38.9 Å². The lowest BCUT2D eigenvalue weighted by molar-refractivity contribution is -0.137. The number of nitrogens with one attached hydrogen (secondary N) is 1. The summed E-state index contributed by atoms with van der Waals surface area (Å²) in [5, 5.41) is 3.37. The van der Waals surface area contributed by atoms with E-state index in [1.54, 1.807) is 37.9 Å². The Bertz CT molecular complexity index is 1280. The number of nitrogens with zero attached hydrogens (tertiary/aromatic N) is 3. The first-order chi connectivity index (χ1) is 16.1. The van der Waals surface area contributed by atoms with E-state index in [9.17, 15) is 22.8 Å². The number of aromatic nitrogens is 3. The largest absolute Gasteiger partial charge is 0.467 e. The molecule has 1 atom stereocenters. The van der Waals surface area contributed by atoms with Crippen LogP contribution in [0.25, 0.3) is 22.3 Å². The van der Waals surface area contributed by atoms with E-state index < -0.39 is 11.7 Å². The second-order valence-corrected chi connectivity index (χ2v) is 8.27. The van der Waals surface area contributed by atoms with Crippen LogP contribution in [0.4, 0.5) is 13.2 Å². The molecule has 11 heteroatoms. The smallest absolute Gasteiger partial charge is 0.416 e. The van der Waals surface area contributed by atoms with Gasteiger partial charge in [0.1, 0.15) is 5.75 Å². The van der Waals surface area contributed by atoms with Crippen molar-refractivity contribution in [3.8, 4) is 17.0 Å². The van der Waals surface area contributed by atoms with Crippen LogP contribution < -0.4 is 10.3 Å². The highest BCUT2D eigenvalue weighted by molar-refractivity contribution is 5.81. The van der Waals surface area contributed by atoms with Gasteiger partial charge in [0.25, 0.3) is 5.56 Å². The molecule has 1 saturated heterocycles. The summed E-state index contributed by atoms with van der Waals surface area (Å²) in [6.45, 7) is 3.82. The molecule has 0 spiro atoms. The number of hydrogen-bond acceptors (Lipinski definition) is 5. The van der Waals surface area contributed by atoms with Gasteiger partial charge in [0.2, 0.25) is 5.91 Å². The summed E-state index contributed by atoms with van der Waals surface area (Å²) < 4.78 is 52.3. The molecule has 3 heterocycles. The molecule has 4 rings (SSSR count). The van der Waals surface area contributed by atoms with Crippen molar-refractivity contribution in [3.63, 3.8) is 0 Å². The summed E-state index contributed by atoms with van der Waals surface area (Å²) in [7, 11) is 1.69. The number of benzene rings is 1. The van der Waals surface area contributed by atoms with Crippen molar-refractivity contribution < 1.29 is 27.4 Å². The average molecular weight is 478 g/mol. The van der Waals surface area contributed by atoms with E-state index in [0.29, 0.717) is 53.8 Å². The minimum Gasteiger partial charge on any atom is -0.467 e. The molecular formula is C23H25F3N4O4. The van der Waals surface area contributed by atoms with Crippen molar-refractivity contribution in [1.82, 2.24) is 19.7 Å². The van der Waals surface area contributed by atoms with E-state index in [1.165, 1.54) is 4.68 Å². The molecule has 1 aromatic carbocycles. The number of likely N-dealkylation sites (tertiary alicyclic amines) is 1. The number of pyridine rings is 1. The van der Waals surface area contributed by atoms with Crippen LogP contribution in [0.15, 0.2) is 29.1 Å². The van der Waals surface area contributed by atoms with Crippen LogP contribution in [0.1, 0.15) is 36.9 Å². The van der Waals surface area contributed by atoms with Crippen molar-refractivity contribution in [1.29, 1.82) is 0 Å². The molecule has 0 unspecified atom stereocenters. The zero-order chi connectivity index (χ0) is 24.6. The number of aryl methyl sites for hydroxylation is 1. The Morgan fingerprint density at radius 1 is 1.24 bits per heavy atom. The van der Waals surface area contributed by atoms with Crippen LogP contribution in [0.2, 0.25) is 0 Å². The zero-order valence-electron chi connectivity index (χ0n) is 19.0. The van der Waals surface area contributed by atoms with E-state index in [1.807, 2.05) is 0 Å². The number of carbonyl (C=O) groups excluding carboxylic acids is 1. The van der Waals surface area contributed by atoms with E-state index in [-0.39, 0.29) is 30.1 Å². The highest BCUT2D eigenvalue weighted by atomic mass is 19.4. The number of aromatic amines is 1. The topological polar surface area (TPSA) is 89.5 Å². The molecule has 182 valence electrons. The quantitative estimate of drug-likeness (QED) is 0.429. The summed E-state index contributed by atoms with van der Waals surface area (Å²) in [5.41, 5.74) is 0.260. The first-order valence-corrected chi connectivity index (χ1v) is 10.9. The van der Waals surface area contributed by atoms with Gasteiger partial charge in [0, 0.05) is 32.2 Å². The Kier molecular flexibility index (Phi) is 6.39. The maximum absolute atomic E-state index is 13.4. The Hall–Kier alpha value is -3.34. The molecule has 1 N–H and O–H groups in total. The molecule has 1 amide bonds. The van der Waals surface area contributed by atoms with Crippen LogP contribution in [0.5, 0.6) is 5.75 Å². The number of hydrogen-bond donors (Lipinski definition) is 1. The number of piperidine rings is 1. The van der Waals surface area contributed by atoms with Gasteiger partial charge in [-0.3, -0.25) is 14.7 Å². The van der Waals surface area contributed by atoms with Gasteiger partial charge >= 0.3 is 6.18 Å². The van der Waals surface area contributed by atoms with E-state index in [4.69, 9.17) is 9.47 Å². The van der Waals surface area contributed by atoms with Gasteiger partial charge in [-0.2, -0.15) is 13.2 Å². The Morgan fingerprint density at radius 2 is 2.00 bits per heavy atom. The van der Waals surface area contributed by atoms with Gasteiger partial charge in [-0.05, 0) is 50.1 Å². The van der Waals surface area contributed by atoms with Crippen LogP contribution >= 0.6 is 0 Å². The summed E-state index contributed by atoms with van der Waals surface area (Å²) in [6, 6.07) is 4.93. The SMILES string of the molecule is CCOCOc1cc(C(F)(F)F)cc(C)c1-c1ccc2c(=O)n([C@@H]3CCC(=O)N(C)C3)[nH]c2n1. The third-order valence-corrected chi connectivity index (χ3v) is 5.92. The van der Waals surface area contributed by atoms with Crippen LogP contribution in [-0.4, -0.2) is 52.6 Å². The number of rotatable bonds is 6. The van der Waals surface area contributed by atoms with E-state index in [0.717, 1.165) is 12.1 Å². The summed E-state index contributed by atoms with van der Waals surface area (Å²) in [6.07, 6.45) is -3.68. The van der Waals surface area contributed by atoms with Gasteiger partial charge in [0.15, 0.2) is 12.4 Å². The molecule has 8 nitrogen and oxygen atoms in total. The van der Waals surface area contributed by atoms with Crippen LogP contribution in [-0.2, 0) is 15.7 Å². The minimum atomic E-state index is -4.54. The second-order valence-electron chi connectivity index (χ2n) is 8.27. The molecule has 1 aliphatic heterocycles. The number of alkyl halides is 3. The Morgan fingerprint density at radius 3 is 2.68 bits per heavy atom. The van der Waals surface area contributed by atoms with Crippen molar-refractivity contribution >= 4 is 16.9 Å². The first-order valence-electron chi connectivity index (χ1n) is 10.9. The molecule has 2 aromatic heterocycles. The number of amides is 1. The van der Waals surface area contributed by atoms with E-state index >= 15 is 0 Å². The summed E-state index contributed by atoms with van der Waals surface area (Å²) in [5.74, 6) is 0.0139. The lowest BCUT2D eigenvalue weighted by Crippen LogP contribution is -2.40. The third-order valence-electron chi connectivity index (χ3n) is 5.92. The Labute approximate surface area is 193 Å². The molecule has 1 aliphatic rings. The number of likely N-dealkylation sites (N-methyl/N-ethyl adjacent to an activating group) is 1. The molecule has 3 aromatic rings. The molecular weight excluding hydrogens is 453 g/mol. The number of halogens is 3. The standard InChI is InChI=1S/C23H25F3N4O4/c1-4-33-12-34-18-10-14(23(24,25)26)9-13(2)20(18)17-7-6-16-21(27-17)28-30(22(16)32)15-5-8-19(31)29(3)11-15/h6-7,9-10,15H,4-5,8,11-12H2,1-3H3,(H,27,28)/t15-/m1/s1. The van der Waals surface area contributed by atoms with Crippen LogP contribution in [0.3, 0.4) is 0 Å². The molecule has 0 radical (unpaired) electrons. The molecule has 0 aliphatic carbocycles. The third kappa shape index (κ3) is 4.52.